The number of para-hydroxylation sites is 1. The van der Waals surface area contributed by atoms with Gasteiger partial charge >= 0.3 is 0 Å². The molecule has 0 radical (unpaired) electrons. The van der Waals surface area contributed by atoms with Crippen LogP contribution < -0.4 is 5.32 Å². The molecule has 3 heterocycles. The standard InChI is InChI=1S/C21H25N3O.2ClH/c25-20(24-11-8-21(9-12-24)7-10-22-14-21)17-13-19(15-5-6-15)23-18-4-2-1-3-16(17)18;;/h1-4,13,15,22H,5-12,14H2;2*1H. The van der Waals surface area contributed by atoms with Crippen molar-refractivity contribution in [3.8, 4) is 0 Å². The van der Waals surface area contributed by atoms with Gasteiger partial charge in [-0.25, -0.2) is 0 Å². The van der Waals surface area contributed by atoms with Gasteiger partial charge in [-0.05, 0) is 56.2 Å². The van der Waals surface area contributed by atoms with Crippen LogP contribution in [0.5, 0.6) is 0 Å². The molecule has 1 spiro atoms. The Hall–Kier alpha value is -1.36. The molecule has 146 valence electrons. The molecule has 27 heavy (non-hydrogen) atoms. The van der Waals surface area contributed by atoms with Gasteiger partial charge in [0, 0.05) is 36.6 Å². The number of aromatic nitrogens is 1. The fourth-order valence-corrected chi connectivity index (χ4v) is 4.54. The second kappa shape index (κ2) is 7.94. The molecule has 2 aromatic rings. The summed E-state index contributed by atoms with van der Waals surface area (Å²) in [5, 5.41) is 4.50. The van der Waals surface area contributed by atoms with Crippen molar-refractivity contribution in [2.24, 2.45) is 5.41 Å². The number of carbonyl (C=O) groups excluding carboxylic acids is 1. The fourth-order valence-electron chi connectivity index (χ4n) is 4.54. The van der Waals surface area contributed by atoms with E-state index in [-0.39, 0.29) is 30.7 Å². The second-order valence-electron chi connectivity index (χ2n) is 8.11. The van der Waals surface area contributed by atoms with Crippen molar-refractivity contribution in [3.05, 3.63) is 41.6 Å². The van der Waals surface area contributed by atoms with Crippen molar-refractivity contribution in [1.82, 2.24) is 15.2 Å². The Morgan fingerprint density at radius 3 is 2.52 bits per heavy atom. The average Bonchev–Trinajstić information content (AvgIpc) is 3.42. The highest BCUT2D eigenvalue weighted by molar-refractivity contribution is 6.06. The number of piperidine rings is 1. The highest BCUT2D eigenvalue weighted by atomic mass is 35.5. The molecular formula is C21H27Cl2N3O. The molecule has 2 saturated heterocycles. The lowest BCUT2D eigenvalue weighted by molar-refractivity contribution is 0.0609. The molecule has 1 aliphatic carbocycles. The van der Waals surface area contributed by atoms with Crippen molar-refractivity contribution in [2.45, 2.75) is 38.0 Å². The van der Waals surface area contributed by atoms with E-state index in [2.05, 4.69) is 16.3 Å². The van der Waals surface area contributed by atoms with Crippen LogP contribution in [0.1, 0.15) is 54.1 Å². The van der Waals surface area contributed by atoms with E-state index < -0.39 is 0 Å². The summed E-state index contributed by atoms with van der Waals surface area (Å²) in [6, 6.07) is 10.2. The number of amides is 1. The van der Waals surface area contributed by atoms with Gasteiger partial charge in [-0.15, -0.1) is 24.8 Å². The molecule has 0 atom stereocenters. The van der Waals surface area contributed by atoms with Gasteiger partial charge in [-0.3, -0.25) is 9.78 Å². The summed E-state index contributed by atoms with van der Waals surface area (Å²) in [6.45, 7) is 4.03. The van der Waals surface area contributed by atoms with Crippen LogP contribution in [0.15, 0.2) is 30.3 Å². The first-order chi connectivity index (χ1) is 12.2. The first-order valence-electron chi connectivity index (χ1n) is 9.64. The summed E-state index contributed by atoms with van der Waals surface area (Å²) in [4.78, 5) is 20.2. The number of fused-ring (bicyclic) bond motifs is 1. The monoisotopic (exact) mass is 407 g/mol. The van der Waals surface area contributed by atoms with Crippen LogP contribution in [0.25, 0.3) is 10.9 Å². The normalized spacial score (nSPS) is 21.0. The van der Waals surface area contributed by atoms with Gasteiger partial charge in [0.15, 0.2) is 0 Å². The minimum Gasteiger partial charge on any atom is -0.339 e. The van der Waals surface area contributed by atoms with Gasteiger partial charge in [-0.1, -0.05) is 18.2 Å². The Labute approximate surface area is 172 Å². The number of pyridine rings is 1. The van der Waals surface area contributed by atoms with Crippen LogP contribution in [0.3, 0.4) is 0 Å². The van der Waals surface area contributed by atoms with Gasteiger partial charge < -0.3 is 10.2 Å². The minimum atomic E-state index is 0. The highest BCUT2D eigenvalue weighted by Gasteiger charge is 2.38. The lowest BCUT2D eigenvalue weighted by Crippen LogP contribution is -2.44. The van der Waals surface area contributed by atoms with Gasteiger partial charge in [0.05, 0.1) is 11.1 Å². The van der Waals surface area contributed by atoms with E-state index >= 15 is 0 Å². The van der Waals surface area contributed by atoms with Crippen LogP contribution >= 0.6 is 24.8 Å². The third-order valence-corrected chi connectivity index (χ3v) is 6.41. The Bertz CT molecular complexity index is 821. The third kappa shape index (κ3) is 3.80. The molecule has 1 aromatic heterocycles. The Kier molecular flexibility index (Phi) is 5.99. The zero-order chi connectivity index (χ0) is 16.9. The number of nitrogens with one attached hydrogen (secondary N) is 1. The molecule has 3 fully saturated rings. The maximum Gasteiger partial charge on any atom is 0.254 e. The molecule has 1 aromatic carbocycles. The summed E-state index contributed by atoms with van der Waals surface area (Å²) < 4.78 is 0. The van der Waals surface area contributed by atoms with Crippen molar-refractivity contribution < 1.29 is 4.79 Å². The Morgan fingerprint density at radius 1 is 1.11 bits per heavy atom. The number of carbonyl (C=O) groups is 1. The summed E-state index contributed by atoms with van der Waals surface area (Å²) in [5.74, 6) is 0.756. The van der Waals surface area contributed by atoms with E-state index in [1.54, 1.807) is 0 Å². The van der Waals surface area contributed by atoms with Crippen LogP contribution in [-0.2, 0) is 0 Å². The molecule has 5 rings (SSSR count). The number of hydrogen-bond acceptors (Lipinski definition) is 3. The van der Waals surface area contributed by atoms with Crippen molar-refractivity contribution in [1.29, 1.82) is 0 Å². The second-order valence-corrected chi connectivity index (χ2v) is 8.11. The van der Waals surface area contributed by atoms with Gasteiger partial charge in [0.25, 0.3) is 5.91 Å². The van der Waals surface area contributed by atoms with Crippen molar-refractivity contribution in [2.75, 3.05) is 26.2 Å². The molecular weight excluding hydrogens is 381 g/mol. The number of halogens is 2. The van der Waals surface area contributed by atoms with Crippen LogP contribution in [-0.4, -0.2) is 42.0 Å². The van der Waals surface area contributed by atoms with E-state index in [0.717, 1.165) is 61.2 Å². The molecule has 4 nitrogen and oxygen atoms in total. The summed E-state index contributed by atoms with van der Waals surface area (Å²) in [5.41, 5.74) is 3.36. The zero-order valence-electron chi connectivity index (χ0n) is 15.4. The Balaban J connectivity index is 0.00000105. The van der Waals surface area contributed by atoms with Crippen LogP contribution in [0, 0.1) is 5.41 Å². The number of nitrogens with zero attached hydrogens (tertiary/aromatic N) is 2. The smallest absolute Gasteiger partial charge is 0.254 e. The fraction of sp³-hybridized carbons (Fsp3) is 0.524. The van der Waals surface area contributed by atoms with Gasteiger partial charge in [-0.2, -0.15) is 0 Å². The van der Waals surface area contributed by atoms with Crippen LogP contribution in [0.4, 0.5) is 0 Å². The third-order valence-electron chi connectivity index (χ3n) is 6.41. The van der Waals surface area contributed by atoms with E-state index in [9.17, 15) is 4.79 Å². The SMILES string of the molecule is Cl.Cl.O=C(c1cc(C2CC2)nc2ccccc12)N1CCC2(CCNC2)CC1. The van der Waals surface area contributed by atoms with Crippen LogP contribution in [0.2, 0.25) is 0 Å². The molecule has 0 unspecified atom stereocenters. The average molecular weight is 408 g/mol. The summed E-state index contributed by atoms with van der Waals surface area (Å²) in [7, 11) is 0. The van der Waals surface area contributed by atoms with E-state index in [1.807, 2.05) is 24.3 Å². The zero-order valence-corrected chi connectivity index (χ0v) is 17.1. The van der Waals surface area contributed by atoms with Gasteiger partial charge in [0.2, 0.25) is 0 Å². The van der Waals surface area contributed by atoms with E-state index in [1.165, 1.54) is 19.3 Å². The molecule has 1 N–H and O–H groups in total. The summed E-state index contributed by atoms with van der Waals surface area (Å²) >= 11 is 0. The predicted octanol–water partition coefficient (Wildman–Crippen LogP) is 4.17. The molecule has 1 amide bonds. The minimum absolute atomic E-state index is 0. The topological polar surface area (TPSA) is 45.2 Å². The van der Waals surface area contributed by atoms with Crippen molar-refractivity contribution >= 4 is 41.6 Å². The predicted molar refractivity (Wildman–Crippen MR) is 113 cm³/mol. The molecule has 2 aliphatic heterocycles. The lowest BCUT2D eigenvalue weighted by Gasteiger charge is -2.39. The number of likely N-dealkylation sites (tertiary alicyclic amines) is 1. The van der Waals surface area contributed by atoms with Gasteiger partial charge in [0.1, 0.15) is 0 Å². The first kappa shape index (κ1) is 20.4. The largest absolute Gasteiger partial charge is 0.339 e. The van der Waals surface area contributed by atoms with E-state index in [0.29, 0.717) is 11.3 Å². The molecule has 6 heteroatoms. The first-order valence-corrected chi connectivity index (χ1v) is 9.64. The number of rotatable bonds is 2. The number of benzene rings is 1. The van der Waals surface area contributed by atoms with E-state index in [4.69, 9.17) is 4.98 Å². The lowest BCUT2D eigenvalue weighted by atomic mass is 9.77. The molecule has 1 saturated carbocycles. The Morgan fingerprint density at radius 2 is 1.85 bits per heavy atom. The maximum absolute atomic E-state index is 13.3. The van der Waals surface area contributed by atoms with Crippen molar-refractivity contribution in [3.63, 3.8) is 0 Å². The quantitative estimate of drug-likeness (QED) is 0.811. The molecule has 3 aliphatic rings. The summed E-state index contributed by atoms with van der Waals surface area (Å²) in [6.07, 6.45) is 5.93. The maximum atomic E-state index is 13.3. The molecule has 0 bridgehead atoms. The number of hydrogen-bond donors (Lipinski definition) is 1. The highest BCUT2D eigenvalue weighted by Crippen LogP contribution is 2.41.